The van der Waals surface area contributed by atoms with Crippen LogP contribution in [0.15, 0.2) is 60.8 Å². The molecule has 0 radical (unpaired) electrons. The molecule has 236 valence electrons. The highest BCUT2D eigenvalue weighted by Crippen LogP contribution is 2.36. The van der Waals surface area contributed by atoms with E-state index in [2.05, 4.69) is 16.1 Å². The van der Waals surface area contributed by atoms with Crippen molar-refractivity contribution in [3.8, 4) is 22.8 Å². The molecular formula is C32H31F4N5O4. The van der Waals surface area contributed by atoms with Crippen molar-refractivity contribution in [1.29, 1.82) is 0 Å². The standard InChI is InChI=1S/C32H31F4N5O4/c1-19-16-21(20-12-14-40(15-13-20)31(44)39(2)3)10-11-22(19)18-45-28-23(6-4-7-25(28)33)26-8-5-9-27(38-26)41-29(32(34,35)36)24(17-37-41)30(42)43/h4-11,16-17,20H,12-15,18H2,1-3H3,(H,42,43). The number of halogens is 4. The Hall–Kier alpha value is -4.94. The van der Waals surface area contributed by atoms with Gasteiger partial charge in [0.2, 0.25) is 0 Å². The topological polar surface area (TPSA) is 101 Å². The first kappa shape index (κ1) is 31.5. The van der Waals surface area contributed by atoms with Gasteiger partial charge in [-0.1, -0.05) is 30.3 Å². The third-order valence-corrected chi connectivity index (χ3v) is 7.82. The minimum Gasteiger partial charge on any atom is -0.485 e. The van der Waals surface area contributed by atoms with Gasteiger partial charge in [-0.2, -0.15) is 18.3 Å². The summed E-state index contributed by atoms with van der Waals surface area (Å²) in [6.07, 6.45) is -2.72. The molecular weight excluding hydrogens is 594 g/mol. The Bertz CT molecular complexity index is 1730. The molecule has 0 bridgehead atoms. The number of benzene rings is 2. The number of nitrogens with zero attached hydrogens (tertiary/aromatic N) is 5. The molecule has 0 saturated carbocycles. The second-order valence-corrected chi connectivity index (χ2v) is 11.0. The van der Waals surface area contributed by atoms with Gasteiger partial charge in [-0.05, 0) is 66.6 Å². The van der Waals surface area contributed by atoms with E-state index in [9.17, 15) is 27.9 Å². The smallest absolute Gasteiger partial charge is 0.434 e. The number of carboxylic acids is 1. The van der Waals surface area contributed by atoms with Crippen molar-refractivity contribution < 1.29 is 37.0 Å². The van der Waals surface area contributed by atoms with E-state index in [-0.39, 0.29) is 35.5 Å². The van der Waals surface area contributed by atoms with Crippen LogP contribution in [0.25, 0.3) is 17.1 Å². The van der Waals surface area contributed by atoms with Gasteiger partial charge in [0.05, 0.1) is 11.9 Å². The maximum atomic E-state index is 15.1. The predicted octanol–water partition coefficient (Wildman–Crippen LogP) is 6.54. The van der Waals surface area contributed by atoms with Gasteiger partial charge in [0.15, 0.2) is 23.1 Å². The number of hydrogen-bond acceptors (Lipinski definition) is 5. The summed E-state index contributed by atoms with van der Waals surface area (Å²) in [5.74, 6) is -2.59. The molecule has 45 heavy (non-hydrogen) atoms. The van der Waals surface area contributed by atoms with Gasteiger partial charge in [0.25, 0.3) is 0 Å². The van der Waals surface area contributed by atoms with E-state index < -0.39 is 29.2 Å². The summed E-state index contributed by atoms with van der Waals surface area (Å²) in [5.41, 5.74) is 0.728. The van der Waals surface area contributed by atoms with Crippen LogP contribution in [0, 0.1) is 12.7 Å². The van der Waals surface area contributed by atoms with E-state index >= 15 is 4.39 Å². The van der Waals surface area contributed by atoms with Crippen molar-refractivity contribution in [3.63, 3.8) is 0 Å². The molecule has 2 aromatic heterocycles. The molecule has 1 fully saturated rings. The zero-order valence-electron chi connectivity index (χ0n) is 24.8. The molecule has 5 rings (SSSR count). The lowest BCUT2D eigenvalue weighted by Gasteiger charge is -2.34. The molecule has 2 aromatic carbocycles. The summed E-state index contributed by atoms with van der Waals surface area (Å²) in [7, 11) is 3.48. The summed E-state index contributed by atoms with van der Waals surface area (Å²) >= 11 is 0. The molecule has 13 heteroatoms. The molecule has 2 amide bonds. The van der Waals surface area contributed by atoms with Crippen molar-refractivity contribution in [3.05, 3.63) is 94.6 Å². The highest BCUT2D eigenvalue weighted by atomic mass is 19.4. The number of piperidine rings is 1. The van der Waals surface area contributed by atoms with Gasteiger partial charge in [-0.15, -0.1) is 0 Å². The van der Waals surface area contributed by atoms with Gasteiger partial charge >= 0.3 is 18.2 Å². The lowest BCUT2D eigenvalue weighted by Crippen LogP contribution is -2.43. The van der Waals surface area contributed by atoms with E-state index in [0.717, 1.165) is 29.5 Å². The van der Waals surface area contributed by atoms with Gasteiger partial charge in [0.1, 0.15) is 12.2 Å². The molecule has 0 unspecified atom stereocenters. The fourth-order valence-corrected chi connectivity index (χ4v) is 5.47. The number of urea groups is 1. The van der Waals surface area contributed by atoms with E-state index in [4.69, 9.17) is 4.74 Å². The molecule has 4 aromatic rings. The fourth-order valence-electron chi connectivity index (χ4n) is 5.47. The zero-order chi connectivity index (χ0) is 32.5. The van der Waals surface area contributed by atoms with Crippen molar-refractivity contribution >= 4 is 12.0 Å². The maximum absolute atomic E-state index is 15.1. The Morgan fingerprint density at radius 3 is 2.42 bits per heavy atom. The Balaban J connectivity index is 1.36. The molecule has 0 atom stereocenters. The Morgan fingerprint density at radius 2 is 1.78 bits per heavy atom. The molecule has 1 saturated heterocycles. The monoisotopic (exact) mass is 625 g/mol. The molecule has 0 aliphatic carbocycles. The number of para-hydroxylation sites is 1. The number of pyridine rings is 1. The van der Waals surface area contributed by atoms with Crippen LogP contribution >= 0.6 is 0 Å². The molecule has 1 aliphatic heterocycles. The molecule has 0 spiro atoms. The SMILES string of the molecule is Cc1cc(C2CCN(C(=O)N(C)C)CC2)ccc1COc1c(F)cccc1-c1cccc(-n2ncc(C(=O)O)c2C(F)(F)F)n1. The van der Waals surface area contributed by atoms with Crippen LogP contribution < -0.4 is 4.74 Å². The quantitative estimate of drug-likeness (QED) is 0.234. The van der Waals surface area contributed by atoms with Crippen LogP contribution in [0.1, 0.15) is 51.5 Å². The number of alkyl halides is 3. The van der Waals surface area contributed by atoms with Gasteiger partial charge < -0.3 is 19.6 Å². The number of aromatic nitrogens is 3. The number of likely N-dealkylation sites (tertiary alicyclic amines) is 1. The molecule has 1 aliphatic rings. The van der Waals surface area contributed by atoms with Crippen molar-refractivity contribution in [1.82, 2.24) is 24.6 Å². The minimum absolute atomic E-state index is 0.00587. The first-order valence-corrected chi connectivity index (χ1v) is 14.2. The first-order chi connectivity index (χ1) is 21.3. The first-order valence-electron chi connectivity index (χ1n) is 14.2. The van der Waals surface area contributed by atoms with Crippen LogP contribution in [-0.2, 0) is 12.8 Å². The normalized spacial score (nSPS) is 14.0. The summed E-state index contributed by atoms with van der Waals surface area (Å²) in [4.78, 5) is 31.3. The maximum Gasteiger partial charge on any atom is 0.434 e. The van der Waals surface area contributed by atoms with E-state index in [1.165, 1.54) is 36.4 Å². The average molecular weight is 626 g/mol. The number of ether oxygens (including phenoxy) is 1. The average Bonchev–Trinajstić information content (AvgIpc) is 3.48. The van der Waals surface area contributed by atoms with E-state index in [0.29, 0.717) is 29.9 Å². The Morgan fingerprint density at radius 1 is 1.07 bits per heavy atom. The van der Waals surface area contributed by atoms with Crippen molar-refractivity contribution in [2.75, 3.05) is 27.2 Å². The molecule has 1 N–H and O–H groups in total. The van der Waals surface area contributed by atoms with Crippen molar-refractivity contribution in [2.24, 2.45) is 0 Å². The van der Waals surface area contributed by atoms with Crippen LogP contribution in [0.2, 0.25) is 0 Å². The number of carbonyl (C=O) groups excluding carboxylic acids is 1. The summed E-state index contributed by atoms with van der Waals surface area (Å²) < 4.78 is 62.8. The fraction of sp³-hybridized carbons (Fsp3) is 0.312. The van der Waals surface area contributed by atoms with Crippen LogP contribution in [0.5, 0.6) is 5.75 Å². The number of aromatic carboxylic acids is 1. The lowest BCUT2D eigenvalue weighted by molar-refractivity contribution is -0.143. The summed E-state index contributed by atoms with van der Waals surface area (Å²) in [6.45, 7) is 3.31. The van der Waals surface area contributed by atoms with Crippen LogP contribution in [0.4, 0.5) is 22.4 Å². The largest absolute Gasteiger partial charge is 0.485 e. The number of carboxylic acid groups (broad SMARTS) is 1. The number of rotatable bonds is 7. The summed E-state index contributed by atoms with van der Waals surface area (Å²) in [5, 5.41) is 12.9. The predicted molar refractivity (Wildman–Crippen MR) is 157 cm³/mol. The molecule has 9 nitrogen and oxygen atoms in total. The van der Waals surface area contributed by atoms with Crippen LogP contribution in [-0.4, -0.2) is 68.9 Å². The van der Waals surface area contributed by atoms with Gasteiger partial charge in [-0.25, -0.2) is 23.6 Å². The van der Waals surface area contributed by atoms with Crippen molar-refractivity contribution in [2.45, 2.75) is 38.5 Å². The third kappa shape index (κ3) is 6.61. The van der Waals surface area contributed by atoms with Gasteiger partial charge in [-0.3, -0.25) is 0 Å². The lowest BCUT2D eigenvalue weighted by atomic mass is 9.88. The Kier molecular flexibility index (Phi) is 8.80. The molecule has 3 heterocycles. The highest BCUT2D eigenvalue weighted by Gasteiger charge is 2.41. The van der Waals surface area contributed by atoms with Gasteiger partial charge in [0, 0.05) is 32.7 Å². The number of amides is 2. The zero-order valence-corrected chi connectivity index (χ0v) is 24.8. The number of aryl methyl sites for hydroxylation is 1. The summed E-state index contributed by atoms with van der Waals surface area (Å²) in [6, 6.07) is 14.3. The van der Waals surface area contributed by atoms with E-state index in [1.807, 2.05) is 24.0 Å². The number of carbonyl (C=O) groups is 2. The van der Waals surface area contributed by atoms with E-state index in [1.54, 1.807) is 19.0 Å². The highest BCUT2D eigenvalue weighted by molar-refractivity contribution is 5.89. The number of hydrogen-bond donors (Lipinski definition) is 1. The third-order valence-electron chi connectivity index (χ3n) is 7.82. The Labute approximate surface area is 256 Å². The second-order valence-electron chi connectivity index (χ2n) is 11.0. The second kappa shape index (κ2) is 12.6. The minimum atomic E-state index is -5.02. The van der Waals surface area contributed by atoms with Crippen LogP contribution in [0.3, 0.4) is 0 Å².